The van der Waals surface area contributed by atoms with E-state index in [0.29, 0.717) is 11.3 Å². The molecule has 1 heterocycles. The molecule has 5 unspecified atom stereocenters. The molecule has 0 radical (unpaired) electrons. The molecular weight excluding hydrogens is 402 g/mol. The molecular formula is C23H25NO7. The van der Waals surface area contributed by atoms with E-state index in [1.165, 1.54) is 13.0 Å². The van der Waals surface area contributed by atoms with E-state index in [0.717, 1.165) is 5.56 Å². The van der Waals surface area contributed by atoms with E-state index >= 15 is 0 Å². The fraction of sp³-hybridized carbons (Fsp3) is 0.304. The number of hydrogen-bond donors (Lipinski definition) is 4. The normalized spacial score (nSPS) is 25.9. The van der Waals surface area contributed by atoms with Gasteiger partial charge in [0.15, 0.2) is 5.78 Å². The van der Waals surface area contributed by atoms with Crippen LogP contribution < -0.4 is 10.1 Å². The molecule has 1 fully saturated rings. The van der Waals surface area contributed by atoms with Crippen molar-refractivity contribution in [2.75, 3.05) is 6.61 Å². The maximum Gasteiger partial charge on any atom is 0.223 e. The number of carbonyl (C=O) groups is 2. The van der Waals surface area contributed by atoms with Crippen LogP contribution in [0, 0.1) is 0 Å². The quantitative estimate of drug-likeness (QED) is 0.382. The predicted molar refractivity (Wildman–Crippen MR) is 112 cm³/mol. The first-order valence-electron chi connectivity index (χ1n) is 9.83. The molecule has 0 saturated carbocycles. The van der Waals surface area contributed by atoms with Gasteiger partial charge in [-0.25, -0.2) is 0 Å². The monoisotopic (exact) mass is 427 g/mol. The highest BCUT2D eigenvalue weighted by Gasteiger charge is 2.46. The molecule has 2 aromatic carbocycles. The molecule has 1 amide bonds. The van der Waals surface area contributed by atoms with Gasteiger partial charge in [0.05, 0.1) is 6.61 Å². The van der Waals surface area contributed by atoms with Crippen LogP contribution in [0.1, 0.15) is 22.8 Å². The van der Waals surface area contributed by atoms with Gasteiger partial charge in [0.25, 0.3) is 0 Å². The van der Waals surface area contributed by atoms with Crippen LogP contribution in [0.25, 0.3) is 6.08 Å². The Morgan fingerprint density at radius 1 is 1.06 bits per heavy atom. The van der Waals surface area contributed by atoms with Crippen LogP contribution >= 0.6 is 0 Å². The Morgan fingerprint density at radius 3 is 2.35 bits per heavy atom. The molecule has 5 atom stereocenters. The lowest BCUT2D eigenvalue weighted by Crippen LogP contribution is -2.65. The van der Waals surface area contributed by atoms with Crippen LogP contribution in [0.5, 0.6) is 5.75 Å². The second kappa shape index (κ2) is 10.3. The summed E-state index contributed by atoms with van der Waals surface area (Å²) < 4.78 is 11.3. The molecule has 8 nitrogen and oxygen atoms in total. The minimum absolute atomic E-state index is 0.181. The molecule has 0 bridgehead atoms. The Labute approximate surface area is 179 Å². The molecule has 2 aromatic rings. The minimum atomic E-state index is -1.40. The van der Waals surface area contributed by atoms with Crippen molar-refractivity contribution in [3.05, 3.63) is 71.8 Å². The first-order chi connectivity index (χ1) is 14.9. The van der Waals surface area contributed by atoms with Crippen molar-refractivity contribution >= 4 is 17.8 Å². The van der Waals surface area contributed by atoms with E-state index in [2.05, 4.69) is 5.32 Å². The van der Waals surface area contributed by atoms with Crippen LogP contribution in [0.3, 0.4) is 0 Å². The fourth-order valence-electron chi connectivity index (χ4n) is 3.24. The third kappa shape index (κ3) is 5.77. The molecule has 0 spiro atoms. The Balaban J connectivity index is 1.70. The highest BCUT2D eigenvalue weighted by molar-refractivity contribution is 6.06. The topological polar surface area (TPSA) is 125 Å². The third-order valence-corrected chi connectivity index (χ3v) is 4.87. The molecule has 31 heavy (non-hydrogen) atoms. The molecule has 1 saturated heterocycles. The number of amides is 1. The van der Waals surface area contributed by atoms with E-state index in [1.807, 2.05) is 30.3 Å². The highest BCUT2D eigenvalue weighted by Crippen LogP contribution is 2.25. The van der Waals surface area contributed by atoms with Gasteiger partial charge in [-0.15, -0.1) is 0 Å². The van der Waals surface area contributed by atoms with Gasteiger partial charge in [-0.3, -0.25) is 9.59 Å². The zero-order chi connectivity index (χ0) is 22.4. The summed E-state index contributed by atoms with van der Waals surface area (Å²) in [5.74, 6) is -0.300. The van der Waals surface area contributed by atoms with Crippen LogP contribution in [0.15, 0.2) is 60.7 Å². The van der Waals surface area contributed by atoms with Crippen LogP contribution in [0.4, 0.5) is 0 Å². The summed E-state index contributed by atoms with van der Waals surface area (Å²) in [6.07, 6.45) is -1.82. The number of ether oxygens (including phenoxy) is 2. The fourth-order valence-corrected chi connectivity index (χ4v) is 3.24. The van der Waals surface area contributed by atoms with Gasteiger partial charge in [-0.2, -0.15) is 0 Å². The molecule has 0 aliphatic carbocycles. The maximum absolute atomic E-state index is 12.4. The summed E-state index contributed by atoms with van der Waals surface area (Å²) in [4.78, 5) is 23.9. The molecule has 1 aliphatic rings. The summed E-state index contributed by atoms with van der Waals surface area (Å²) in [7, 11) is 0. The van der Waals surface area contributed by atoms with Gasteiger partial charge < -0.3 is 30.1 Å². The first-order valence-corrected chi connectivity index (χ1v) is 9.83. The third-order valence-electron chi connectivity index (χ3n) is 4.87. The Morgan fingerprint density at radius 2 is 1.74 bits per heavy atom. The molecule has 1 aliphatic heterocycles. The summed E-state index contributed by atoms with van der Waals surface area (Å²) in [6.45, 7) is 0.726. The summed E-state index contributed by atoms with van der Waals surface area (Å²) in [5, 5.41) is 32.2. The largest absolute Gasteiger partial charge is 0.463 e. The zero-order valence-electron chi connectivity index (χ0n) is 16.9. The van der Waals surface area contributed by atoms with Crippen molar-refractivity contribution in [1.29, 1.82) is 0 Å². The number of benzene rings is 2. The van der Waals surface area contributed by atoms with Crippen molar-refractivity contribution < 1.29 is 34.4 Å². The number of nitrogens with one attached hydrogen (secondary N) is 1. The van der Waals surface area contributed by atoms with Crippen LogP contribution in [-0.2, 0) is 9.53 Å². The SMILES string of the molecule is CC(=O)NC1C(Oc2ccc(C(=O)C=Cc3ccccc3)cc2)OC(CO)C(O)C1O. The standard InChI is InChI=1S/C23H25NO7/c1-14(26)24-20-22(29)21(28)19(13-25)31-23(20)30-17-10-8-16(9-11-17)18(27)12-7-15-5-3-2-4-6-15/h2-12,19-23,25,28-29H,13H2,1H3,(H,24,26). The minimum Gasteiger partial charge on any atom is -0.463 e. The average molecular weight is 427 g/mol. The lowest BCUT2D eigenvalue weighted by Gasteiger charge is -2.42. The number of ketones is 1. The van der Waals surface area contributed by atoms with Gasteiger partial charge in [0.2, 0.25) is 12.2 Å². The number of aliphatic hydroxyl groups is 3. The van der Waals surface area contributed by atoms with E-state index in [1.54, 1.807) is 30.3 Å². The van der Waals surface area contributed by atoms with Crippen molar-refractivity contribution in [1.82, 2.24) is 5.32 Å². The second-order valence-corrected chi connectivity index (χ2v) is 7.18. The van der Waals surface area contributed by atoms with E-state index in [-0.39, 0.29) is 5.78 Å². The Kier molecular flexibility index (Phi) is 7.54. The number of allylic oxidation sites excluding steroid dienone is 1. The van der Waals surface area contributed by atoms with E-state index in [9.17, 15) is 24.9 Å². The summed E-state index contributed by atoms with van der Waals surface area (Å²) in [5.41, 5.74) is 1.36. The number of aliphatic hydroxyl groups excluding tert-OH is 3. The summed E-state index contributed by atoms with van der Waals surface area (Å²) >= 11 is 0. The van der Waals surface area contributed by atoms with Gasteiger partial charge in [0.1, 0.15) is 30.1 Å². The Hall–Kier alpha value is -3.04. The smallest absolute Gasteiger partial charge is 0.223 e. The number of hydrogen-bond acceptors (Lipinski definition) is 7. The van der Waals surface area contributed by atoms with Crippen molar-refractivity contribution in [3.63, 3.8) is 0 Å². The lowest BCUT2D eigenvalue weighted by atomic mass is 9.97. The molecule has 3 rings (SSSR count). The first kappa shape index (κ1) is 22.6. The number of carbonyl (C=O) groups excluding carboxylic acids is 2. The van der Waals surface area contributed by atoms with Crippen molar-refractivity contribution in [3.8, 4) is 5.75 Å². The molecule has 8 heteroatoms. The second-order valence-electron chi connectivity index (χ2n) is 7.18. The van der Waals surface area contributed by atoms with Crippen LogP contribution in [-0.4, -0.2) is 64.3 Å². The average Bonchev–Trinajstić information content (AvgIpc) is 2.78. The van der Waals surface area contributed by atoms with Crippen molar-refractivity contribution in [2.24, 2.45) is 0 Å². The maximum atomic E-state index is 12.4. The molecule has 164 valence electrons. The van der Waals surface area contributed by atoms with E-state index < -0.39 is 43.2 Å². The van der Waals surface area contributed by atoms with Crippen molar-refractivity contribution in [2.45, 2.75) is 37.6 Å². The molecule has 4 N–H and O–H groups in total. The highest BCUT2D eigenvalue weighted by atomic mass is 16.7. The van der Waals surface area contributed by atoms with E-state index in [4.69, 9.17) is 9.47 Å². The van der Waals surface area contributed by atoms with Gasteiger partial charge in [-0.1, -0.05) is 36.4 Å². The predicted octanol–water partition coefficient (Wildman–Crippen LogP) is 0.905. The lowest BCUT2D eigenvalue weighted by molar-refractivity contribution is -0.244. The summed E-state index contributed by atoms with van der Waals surface area (Å²) in [6, 6.07) is 14.7. The Bertz CT molecular complexity index is 913. The van der Waals surface area contributed by atoms with Gasteiger partial charge in [0, 0.05) is 12.5 Å². The zero-order valence-corrected chi connectivity index (χ0v) is 16.9. The number of rotatable bonds is 7. The molecule has 0 aromatic heterocycles. The van der Waals surface area contributed by atoms with Gasteiger partial charge >= 0.3 is 0 Å². The van der Waals surface area contributed by atoms with Gasteiger partial charge in [-0.05, 0) is 35.9 Å². The van der Waals surface area contributed by atoms with Crippen LogP contribution in [0.2, 0.25) is 0 Å².